The zero-order valence-electron chi connectivity index (χ0n) is 14.3. The molecule has 11 heteroatoms. The van der Waals surface area contributed by atoms with E-state index in [4.69, 9.17) is 4.74 Å². The van der Waals surface area contributed by atoms with E-state index in [0.717, 1.165) is 10.7 Å². The van der Waals surface area contributed by atoms with E-state index in [1.165, 1.54) is 32.2 Å². The summed E-state index contributed by atoms with van der Waals surface area (Å²) >= 11 is 0. The van der Waals surface area contributed by atoms with E-state index in [1.807, 2.05) is 0 Å². The van der Waals surface area contributed by atoms with E-state index in [-0.39, 0.29) is 35.8 Å². The summed E-state index contributed by atoms with van der Waals surface area (Å²) in [4.78, 5) is 12.0. The minimum atomic E-state index is -4.56. The zero-order valence-corrected chi connectivity index (χ0v) is 14.3. The maximum absolute atomic E-state index is 12.6. The largest absolute Gasteiger partial charge is 0.493 e. The number of nitrogens with zero attached hydrogens (tertiary/aromatic N) is 2. The lowest BCUT2D eigenvalue weighted by atomic mass is 10.2. The van der Waals surface area contributed by atoms with Crippen LogP contribution < -0.4 is 14.8 Å². The molecule has 0 aliphatic rings. The van der Waals surface area contributed by atoms with Crippen molar-refractivity contribution in [2.45, 2.75) is 32.7 Å². The molecule has 0 atom stereocenters. The van der Waals surface area contributed by atoms with Crippen molar-refractivity contribution in [3.8, 4) is 11.5 Å². The standard InChI is InChI=1S/C16H16F5N3O3/c1-9-7-13(16(19,20)21)23-24(9)6-5-14(25)22-10-3-4-11(27-15(17)18)12(8-10)26-2/h3-4,7-8,15H,5-6H2,1-2H3,(H,22,25). The van der Waals surface area contributed by atoms with Crippen LogP contribution in [0.5, 0.6) is 11.5 Å². The first kappa shape index (κ1) is 20.5. The van der Waals surface area contributed by atoms with E-state index in [9.17, 15) is 26.7 Å². The topological polar surface area (TPSA) is 65.4 Å². The Kier molecular flexibility index (Phi) is 6.24. The number of halogens is 5. The van der Waals surface area contributed by atoms with Crippen molar-refractivity contribution in [1.82, 2.24) is 9.78 Å². The fourth-order valence-electron chi connectivity index (χ4n) is 2.24. The molecule has 0 aliphatic carbocycles. The normalized spacial score (nSPS) is 11.6. The molecule has 0 saturated heterocycles. The summed E-state index contributed by atoms with van der Waals surface area (Å²) in [5, 5.41) is 5.93. The summed E-state index contributed by atoms with van der Waals surface area (Å²) in [6.07, 6.45) is -4.70. The van der Waals surface area contributed by atoms with Gasteiger partial charge in [0.2, 0.25) is 5.91 Å². The maximum atomic E-state index is 12.6. The number of rotatable bonds is 7. The van der Waals surface area contributed by atoms with Crippen LogP contribution in [0.15, 0.2) is 24.3 Å². The predicted molar refractivity (Wildman–Crippen MR) is 84.8 cm³/mol. The number of nitrogens with one attached hydrogen (secondary N) is 1. The number of ether oxygens (including phenoxy) is 2. The third-order valence-electron chi connectivity index (χ3n) is 3.49. The van der Waals surface area contributed by atoms with Crippen LogP contribution in [-0.4, -0.2) is 29.4 Å². The number of aromatic nitrogens is 2. The van der Waals surface area contributed by atoms with Gasteiger partial charge in [-0.25, -0.2) is 0 Å². The van der Waals surface area contributed by atoms with Crippen LogP contribution in [0.1, 0.15) is 17.8 Å². The summed E-state index contributed by atoms with van der Waals surface area (Å²) in [6, 6.07) is 4.72. The van der Waals surface area contributed by atoms with E-state index in [1.54, 1.807) is 0 Å². The molecule has 2 rings (SSSR count). The fraction of sp³-hybridized carbons (Fsp3) is 0.375. The smallest absolute Gasteiger partial charge is 0.435 e. The molecule has 1 aromatic carbocycles. The summed E-state index contributed by atoms with van der Waals surface area (Å²) < 4.78 is 72.7. The number of carbonyl (C=O) groups is 1. The third kappa shape index (κ3) is 5.56. The molecule has 6 nitrogen and oxygen atoms in total. The Bertz CT molecular complexity index is 805. The van der Waals surface area contributed by atoms with Crippen LogP contribution in [0.4, 0.5) is 27.6 Å². The first-order chi connectivity index (χ1) is 12.6. The van der Waals surface area contributed by atoms with Gasteiger partial charge in [0, 0.05) is 30.4 Å². The van der Waals surface area contributed by atoms with E-state index in [2.05, 4.69) is 15.2 Å². The molecule has 0 radical (unpaired) electrons. The van der Waals surface area contributed by atoms with Gasteiger partial charge in [-0.15, -0.1) is 0 Å². The minimum absolute atomic E-state index is 0.00848. The van der Waals surface area contributed by atoms with Crippen molar-refractivity contribution >= 4 is 11.6 Å². The number of anilines is 1. The summed E-state index contributed by atoms with van der Waals surface area (Å²) in [7, 11) is 1.25. The van der Waals surface area contributed by atoms with Gasteiger partial charge in [0.15, 0.2) is 17.2 Å². The van der Waals surface area contributed by atoms with Gasteiger partial charge in [-0.05, 0) is 25.1 Å². The van der Waals surface area contributed by atoms with Crippen LogP contribution >= 0.6 is 0 Å². The predicted octanol–water partition coefficient (Wildman–Crippen LogP) is 3.85. The molecule has 0 saturated carbocycles. The highest BCUT2D eigenvalue weighted by molar-refractivity contribution is 5.91. The van der Waals surface area contributed by atoms with Crippen molar-refractivity contribution in [2.75, 3.05) is 12.4 Å². The van der Waals surface area contributed by atoms with Crippen molar-refractivity contribution < 1.29 is 36.2 Å². The van der Waals surface area contributed by atoms with Crippen LogP contribution in [0.2, 0.25) is 0 Å². The Morgan fingerprint density at radius 3 is 2.52 bits per heavy atom. The van der Waals surface area contributed by atoms with Crippen molar-refractivity contribution in [1.29, 1.82) is 0 Å². The number of aryl methyl sites for hydroxylation is 2. The molecule has 27 heavy (non-hydrogen) atoms. The summed E-state index contributed by atoms with van der Waals surface area (Å²) in [5.41, 5.74) is -0.503. The molecule has 148 valence electrons. The molecular formula is C16H16F5N3O3. The van der Waals surface area contributed by atoms with Gasteiger partial charge in [-0.2, -0.15) is 27.1 Å². The number of benzene rings is 1. The van der Waals surface area contributed by atoms with Crippen LogP contribution in [-0.2, 0) is 17.5 Å². The Hall–Kier alpha value is -2.85. The Morgan fingerprint density at radius 2 is 1.96 bits per heavy atom. The zero-order chi connectivity index (χ0) is 20.2. The average Bonchev–Trinajstić information content (AvgIpc) is 2.95. The lowest BCUT2D eigenvalue weighted by molar-refractivity contribution is -0.141. The Balaban J connectivity index is 1.99. The molecule has 1 amide bonds. The van der Waals surface area contributed by atoms with Gasteiger partial charge in [0.25, 0.3) is 0 Å². The van der Waals surface area contributed by atoms with E-state index >= 15 is 0 Å². The SMILES string of the molecule is COc1cc(NC(=O)CCn2nc(C(F)(F)F)cc2C)ccc1OC(F)F. The lowest BCUT2D eigenvalue weighted by Gasteiger charge is -2.12. The number of hydrogen-bond acceptors (Lipinski definition) is 4. The maximum Gasteiger partial charge on any atom is 0.435 e. The van der Waals surface area contributed by atoms with E-state index < -0.39 is 24.4 Å². The monoisotopic (exact) mass is 393 g/mol. The van der Waals surface area contributed by atoms with Gasteiger partial charge in [0.1, 0.15) is 0 Å². The Morgan fingerprint density at radius 1 is 1.26 bits per heavy atom. The molecule has 0 spiro atoms. The van der Waals surface area contributed by atoms with Crippen LogP contribution in [0.25, 0.3) is 0 Å². The third-order valence-corrected chi connectivity index (χ3v) is 3.49. The second-order valence-electron chi connectivity index (χ2n) is 5.43. The van der Waals surface area contributed by atoms with Crippen molar-refractivity contribution in [3.63, 3.8) is 0 Å². The van der Waals surface area contributed by atoms with Crippen LogP contribution in [0.3, 0.4) is 0 Å². The second kappa shape index (κ2) is 8.23. The molecule has 1 N–H and O–H groups in total. The minimum Gasteiger partial charge on any atom is -0.493 e. The van der Waals surface area contributed by atoms with Crippen LogP contribution in [0, 0.1) is 6.92 Å². The van der Waals surface area contributed by atoms with Gasteiger partial charge in [0.05, 0.1) is 7.11 Å². The highest BCUT2D eigenvalue weighted by atomic mass is 19.4. The van der Waals surface area contributed by atoms with Crippen molar-refractivity contribution in [2.24, 2.45) is 0 Å². The molecule has 1 aromatic heterocycles. The quantitative estimate of drug-likeness (QED) is 0.726. The first-order valence-corrected chi connectivity index (χ1v) is 7.64. The van der Waals surface area contributed by atoms with Gasteiger partial charge >= 0.3 is 12.8 Å². The Labute approximate surface area is 150 Å². The molecular weight excluding hydrogens is 377 g/mol. The highest BCUT2D eigenvalue weighted by Gasteiger charge is 2.34. The summed E-state index contributed by atoms with van der Waals surface area (Å²) in [5.74, 6) is -0.703. The number of alkyl halides is 5. The van der Waals surface area contributed by atoms with E-state index in [0.29, 0.717) is 0 Å². The molecule has 0 aliphatic heterocycles. The fourth-order valence-corrected chi connectivity index (χ4v) is 2.24. The molecule has 2 aromatic rings. The second-order valence-corrected chi connectivity index (χ2v) is 5.43. The highest BCUT2D eigenvalue weighted by Crippen LogP contribution is 2.31. The molecule has 0 unspecified atom stereocenters. The number of amides is 1. The average molecular weight is 393 g/mol. The summed E-state index contributed by atoms with van der Waals surface area (Å²) in [6.45, 7) is -1.64. The number of methoxy groups -OCH3 is 1. The van der Waals surface area contributed by atoms with Gasteiger partial charge in [-0.1, -0.05) is 0 Å². The molecule has 0 bridgehead atoms. The molecule has 1 heterocycles. The van der Waals surface area contributed by atoms with Crippen molar-refractivity contribution in [3.05, 3.63) is 35.7 Å². The first-order valence-electron chi connectivity index (χ1n) is 7.64. The number of carbonyl (C=O) groups excluding carboxylic acids is 1. The van der Waals surface area contributed by atoms with Gasteiger partial charge < -0.3 is 14.8 Å². The molecule has 0 fully saturated rings. The van der Waals surface area contributed by atoms with Gasteiger partial charge in [-0.3, -0.25) is 9.48 Å². The number of hydrogen-bond donors (Lipinski definition) is 1. The lowest BCUT2D eigenvalue weighted by Crippen LogP contribution is -2.16.